The number of fused-ring (bicyclic) bond motifs is 1. The number of anilines is 2. The fourth-order valence-corrected chi connectivity index (χ4v) is 5.33. The maximum absolute atomic E-state index is 12.8. The molecule has 0 saturated carbocycles. The number of aromatic nitrogens is 3. The smallest absolute Gasteiger partial charge is 0.143 e. The van der Waals surface area contributed by atoms with Crippen LogP contribution in [-0.4, -0.2) is 60.1 Å². The molecule has 0 N–H and O–H groups in total. The number of ether oxygens (including phenoxy) is 1. The first-order valence-electron chi connectivity index (χ1n) is 12.8. The average molecular weight is 518 g/mol. The standard InChI is InChI=1S/C29H31N5O2.ClH/c1-20-17-34(18-20)25-6-7-30-24(15-25)16-26(35)12-21-2-4-22(5-3-21)23-13-27-28(14-23)31-19-32-29(27)33-8-10-36-11-9-33;/h2-7,13,15,19-20H,8-12,14,16-18H2,1H3;1H. The van der Waals surface area contributed by atoms with E-state index in [2.05, 4.69) is 68.1 Å². The van der Waals surface area contributed by atoms with Crippen LogP contribution >= 0.6 is 12.4 Å². The highest BCUT2D eigenvalue weighted by Crippen LogP contribution is 2.35. The lowest BCUT2D eigenvalue weighted by Crippen LogP contribution is -2.45. The number of allylic oxidation sites excluding steroid dienone is 1. The number of Topliss-reactive ketones (excluding diaryl/α,β-unsaturated/α-hetero) is 1. The predicted molar refractivity (Wildman–Crippen MR) is 148 cm³/mol. The largest absolute Gasteiger partial charge is 0.378 e. The van der Waals surface area contributed by atoms with Crippen LogP contribution in [0.2, 0.25) is 0 Å². The summed E-state index contributed by atoms with van der Waals surface area (Å²) in [6, 6.07) is 12.5. The van der Waals surface area contributed by atoms with E-state index in [1.807, 2.05) is 12.3 Å². The van der Waals surface area contributed by atoms with E-state index in [0.29, 0.717) is 12.8 Å². The van der Waals surface area contributed by atoms with Gasteiger partial charge in [-0.05, 0) is 40.8 Å². The van der Waals surface area contributed by atoms with Crippen LogP contribution in [0, 0.1) is 5.92 Å². The minimum atomic E-state index is 0. The van der Waals surface area contributed by atoms with E-state index in [0.717, 1.165) is 85.6 Å². The van der Waals surface area contributed by atoms with Crippen LogP contribution in [0.4, 0.5) is 11.5 Å². The van der Waals surface area contributed by atoms with Gasteiger partial charge in [0.15, 0.2) is 0 Å². The zero-order valence-electron chi connectivity index (χ0n) is 21.1. The maximum Gasteiger partial charge on any atom is 0.143 e. The molecule has 2 aromatic heterocycles. The number of benzene rings is 1. The van der Waals surface area contributed by atoms with Crippen LogP contribution in [0.3, 0.4) is 0 Å². The lowest BCUT2D eigenvalue weighted by molar-refractivity contribution is -0.117. The van der Waals surface area contributed by atoms with E-state index in [1.54, 1.807) is 6.33 Å². The number of hydrogen-bond donors (Lipinski definition) is 0. The van der Waals surface area contributed by atoms with Crippen LogP contribution in [0.25, 0.3) is 11.6 Å². The molecule has 3 aliphatic rings. The van der Waals surface area contributed by atoms with Crippen molar-refractivity contribution >= 4 is 41.3 Å². The molecule has 0 amide bonds. The molecule has 0 spiro atoms. The first kappa shape index (κ1) is 25.4. The zero-order valence-corrected chi connectivity index (χ0v) is 21.9. The number of ketones is 1. The van der Waals surface area contributed by atoms with Crippen molar-refractivity contribution in [3.63, 3.8) is 0 Å². The van der Waals surface area contributed by atoms with Crippen LogP contribution in [0.1, 0.15) is 35.0 Å². The van der Waals surface area contributed by atoms with Crippen LogP contribution in [0.15, 0.2) is 48.9 Å². The van der Waals surface area contributed by atoms with Crippen LogP contribution < -0.4 is 9.80 Å². The van der Waals surface area contributed by atoms with E-state index in [9.17, 15) is 4.79 Å². The number of pyridine rings is 1. The summed E-state index contributed by atoms with van der Waals surface area (Å²) in [4.78, 5) is 31.0. The Labute approximate surface area is 224 Å². The molecule has 7 nitrogen and oxygen atoms in total. The average Bonchev–Trinajstić information content (AvgIpc) is 3.32. The molecule has 2 saturated heterocycles. The number of halogens is 1. The second-order valence-electron chi connectivity index (χ2n) is 10.1. The first-order chi connectivity index (χ1) is 17.6. The third-order valence-corrected chi connectivity index (χ3v) is 7.27. The summed E-state index contributed by atoms with van der Waals surface area (Å²) in [6.07, 6.45) is 7.28. The molecule has 192 valence electrons. The summed E-state index contributed by atoms with van der Waals surface area (Å²) < 4.78 is 5.50. The van der Waals surface area contributed by atoms with Gasteiger partial charge in [-0.1, -0.05) is 31.2 Å². The Hall–Kier alpha value is -3.29. The van der Waals surface area contributed by atoms with Crippen molar-refractivity contribution in [2.75, 3.05) is 49.2 Å². The van der Waals surface area contributed by atoms with Gasteiger partial charge in [-0.3, -0.25) is 9.78 Å². The summed E-state index contributed by atoms with van der Waals surface area (Å²) in [5, 5.41) is 0. The highest BCUT2D eigenvalue weighted by molar-refractivity contribution is 5.91. The molecular formula is C29H32ClN5O2. The predicted octanol–water partition coefficient (Wildman–Crippen LogP) is 4.04. The molecule has 0 unspecified atom stereocenters. The van der Waals surface area contributed by atoms with Crippen molar-refractivity contribution in [1.82, 2.24) is 15.0 Å². The van der Waals surface area contributed by atoms with Crippen molar-refractivity contribution in [2.24, 2.45) is 5.92 Å². The molecule has 0 radical (unpaired) electrons. The highest BCUT2D eigenvalue weighted by atomic mass is 35.5. The van der Waals surface area contributed by atoms with Crippen molar-refractivity contribution in [3.05, 3.63) is 77.0 Å². The Morgan fingerprint density at radius 2 is 1.78 bits per heavy atom. The SMILES string of the molecule is CC1CN(c2ccnc(CC(=O)Cc3ccc(C4=Cc5c(ncnc5N5CCOCC5)C4)cc3)c2)C1.Cl. The van der Waals surface area contributed by atoms with Crippen LogP contribution in [0.5, 0.6) is 0 Å². The minimum absolute atomic E-state index is 0. The Kier molecular flexibility index (Phi) is 7.53. The fourth-order valence-electron chi connectivity index (χ4n) is 5.33. The van der Waals surface area contributed by atoms with Gasteiger partial charge in [-0.25, -0.2) is 9.97 Å². The molecule has 2 aliphatic heterocycles. The number of morpholine rings is 1. The Balaban J connectivity index is 0.00000280. The van der Waals surface area contributed by atoms with E-state index in [1.165, 1.54) is 11.3 Å². The molecule has 0 atom stereocenters. The second kappa shape index (κ2) is 11.0. The number of rotatable bonds is 7. The molecular weight excluding hydrogens is 486 g/mol. The summed E-state index contributed by atoms with van der Waals surface area (Å²) in [7, 11) is 0. The summed E-state index contributed by atoms with van der Waals surface area (Å²) in [6.45, 7) is 7.58. The van der Waals surface area contributed by atoms with Crippen molar-refractivity contribution in [2.45, 2.75) is 26.2 Å². The molecule has 6 rings (SSSR count). The maximum atomic E-state index is 12.8. The number of nitrogens with zero attached hydrogens (tertiary/aromatic N) is 5. The van der Waals surface area contributed by atoms with Gasteiger partial charge in [0.25, 0.3) is 0 Å². The molecule has 8 heteroatoms. The number of carbonyl (C=O) groups is 1. The molecule has 1 aliphatic carbocycles. The van der Waals surface area contributed by atoms with Crippen LogP contribution in [-0.2, 0) is 28.8 Å². The van der Waals surface area contributed by atoms with E-state index in [-0.39, 0.29) is 18.2 Å². The minimum Gasteiger partial charge on any atom is -0.378 e. The summed E-state index contributed by atoms with van der Waals surface area (Å²) >= 11 is 0. The highest BCUT2D eigenvalue weighted by Gasteiger charge is 2.24. The fraction of sp³-hybridized carbons (Fsp3) is 0.379. The molecule has 2 fully saturated rings. The molecule has 3 aromatic rings. The lowest BCUT2D eigenvalue weighted by Gasteiger charge is -2.39. The van der Waals surface area contributed by atoms with E-state index < -0.39 is 0 Å². The normalized spacial score (nSPS) is 17.1. The summed E-state index contributed by atoms with van der Waals surface area (Å²) in [5.41, 5.74) is 7.64. The van der Waals surface area contributed by atoms with Crippen molar-refractivity contribution < 1.29 is 9.53 Å². The first-order valence-corrected chi connectivity index (χ1v) is 12.8. The van der Waals surface area contributed by atoms with Gasteiger partial charge in [0.2, 0.25) is 0 Å². The molecule has 0 bridgehead atoms. The Bertz CT molecular complexity index is 1300. The van der Waals surface area contributed by atoms with E-state index in [4.69, 9.17) is 4.74 Å². The van der Waals surface area contributed by atoms with Gasteiger partial charge in [0.05, 0.1) is 18.9 Å². The third-order valence-electron chi connectivity index (χ3n) is 7.27. The Morgan fingerprint density at radius 3 is 2.54 bits per heavy atom. The van der Waals surface area contributed by atoms with Gasteiger partial charge in [0, 0.05) is 68.6 Å². The van der Waals surface area contributed by atoms with Gasteiger partial charge in [-0.2, -0.15) is 0 Å². The molecule has 4 heterocycles. The molecule has 1 aromatic carbocycles. The molecule has 37 heavy (non-hydrogen) atoms. The van der Waals surface area contributed by atoms with Gasteiger partial charge in [-0.15, -0.1) is 12.4 Å². The monoisotopic (exact) mass is 517 g/mol. The van der Waals surface area contributed by atoms with Gasteiger partial charge < -0.3 is 14.5 Å². The topological polar surface area (TPSA) is 71.5 Å². The number of carbonyl (C=O) groups excluding carboxylic acids is 1. The quantitative estimate of drug-likeness (QED) is 0.468. The Morgan fingerprint density at radius 1 is 1.00 bits per heavy atom. The van der Waals surface area contributed by atoms with Gasteiger partial charge >= 0.3 is 0 Å². The zero-order chi connectivity index (χ0) is 24.5. The third kappa shape index (κ3) is 5.53. The van der Waals surface area contributed by atoms with Crippen molar-refractivity contribution in [1.29, 1.82) is 0 Å². The second-order valence-corrected chi connectivity index (χ2v) is 10.1. The van der Waals surface area contributed by atoms with Gasteiger partial charge in [0.1, 0.15) is 17.9 Å². The van der Waals surface area contributed by atoms with E-state index >= 15 is 0 Å². The summed E-state index contributed by atoms with van der Waals surface area (Å²) in [5.74, 6) is 1.92. The lowest BCUT2D eigenvalue weighted by atomic mass is 9.99. The number of hydrogen-bond acceptors (Lipinski definition) is 7. The van der Waals surface area contributed by atoms with Crippen molar-refractivity contribution in [3.8, 4) is 0 Å².